The van der Waals surface area contributed by atoms with Crippen LogP contribution in [0, 0.1) is 5.82 Å². The largest absolute Gasteiger partial charge is 0.352 e. The third-order valence-electron chi connectivity index (χ3n) is 2.07. The van der Waals surface area contributed by atoms with E-state index in [1.807, 2.05) is 0 Å². The van der Waals surface area contributed by atoms with Crippen molar-refractivity contribution in [3.63, 3.8) is 0 Å². The minimum Gasteiger partial charge on any atom is -0.352 e. The number of benzene rings is 1. The van der Waals surface area contributed by atoms with E-state index in [9.17, 15) is 13.4 Å². The number of rotatable bonds is 5. The molecule has 0 fully saturated rings. The van der Waals surface area contributed by atoms with E-state index in [-0.39, 0.29) is 5.56 Å². The monoisotopic (exact) mass is 321 g/mol. The number of hydrogen-bond donors (Lipinski definition) is 1. The number of carbonyl (C=O) groups excluding carboxylic acids is 1. The zero-order valence-electron chi connectivity index (χ0n) is 9.33. The maximum absolute atomic E-state index is 13.4. The molecule has 94 valence electrons. The van der Waals surface area contributed by atoms with Gasteiger partial charge in [0.25, 0.3) is 5.91 Å². The number of nitrogens with one attached hydrogen (secondary N) is 1. The van der Waals surface area contributed by atoms with Gasteiger partial charge in [-0.1, -0.05) is 15.9 Å². The molecule has 3 nitrogen and oxygen atoms in total. The molecule has 1 aromatic rings. The normalized spacial score (nSPS) is 12.2. The van der Waals surface area contributed by atoms with Gasteiger partial charge in [-0.15, -0.1) is 0 Å². The highest BCUT2D eigenvalue weighted by Crippen LogP contribution is 2.15. The van der Waals surface area contributed by atoms with E-state index in [4.69, 9.17) is 0 Å². The molecule has 0 saturated carbocycles. The van der Waals surface area contributed by atoms with Crippen LogP contribution in [-0.4, -0.2) is 28.7 Å². The Balaban J connectivity index is 2.50. The molecule has 0 spiro atoms. The van der Waals surface area contributed by atoms with Crippen LogP contribution in [0.1, 0.15) is 16.8 Å². The zero-order chi connectivity index (χ0) is 12.8. The Hall–Kier alpha value is -0.750. The SMILES string of the molecule is CS(=O)CCCNC(=O)c1ccc(Br)cc1F. The molecule has 0 heterocycles. The van der Waals surface area contributed by atoms with E-state index in [0.29, 0.717) is 23.2 Å². The first kappa shape index (κ1) is 14.3. The van der Waals surface area contributed by atoms with E-state index in [0.717, 1.165) is 0 Å². The van der Waals surface area contributed by atoms with Crippen LogP contribution in [0.25, 0.3) is 0 Å². The molecule has 0 aromatic heterocycles. The third-order valence-corrected chi connectivity index (χ3v) is 3.43. The molecule has 1 amide bonds. The standard InChI is InChI=1S/C11H13BrFNO2S/c1-17(16)6-2-5-14-11(15)9-4-3-8(12)7-10(9)13/h3-4,7H,2,5-6H2,1H3,(H,14,15). The Morgan fingerprint density at radius 2 is 2.24 bits per heavy atom. The van der Waals surface area contributed by atoms with Gasteiger partial charge in [0.05, 0.1) is 5.56 Å². The van der Waals surface area contributed by atoms with E-state index in [2.05, 4.69) is 21.2 Å². The summed E-state index contributed by atoms with van der Waals surface area (Å²) in [6.45, 7) is 0.397. The second kappa shape index (κ2) is 6.86. The van der Waals surface area contributed by atoms with Crippen LogP contribution in [0.2, 0.25) is 0 Å². The maximum atomic E-state index is 13.4. The fourth-order valence-corrected chi connectivity index (χ4v) is 2.13. The molecule has 0 radical (unpaired) electrons. The molecular formula is C11H13BrFNO2S. The Bertz CT molecular complexity index is 439. The Labute approximate surface area is 110 Å². The quantitative estimate of drug-likeness (QED) is 0.844. The molecule has 1 rings (SSSR count). The molecule has 6 heteroatoms. The van der Waals surface area contributed by atoms with Gasteiger partial charge in [-0.05, 0) is 24.6 Å². The molecule has 0 aliphatic rings. The van der Waals surface area contributed by atoms with Crippen LogP contribution >= 0.6 is 15.9 Å². The van der Waals surface area contributed by atoms with Crippen molar-refractivity contribution in [3.05, 3.63) is 34.1 Å². The van der Waals surface area contributed by atoms with Gasteiger partial charge < -0.3 is 5.32 Å². The van der Waals surface area contributed by atoms with Crippen LogP contribution in [0.4, 0.5) is 4.39 Å². The molecule has 1 unspecified atom stereocenters. The predicted octanol–water partition coefficient (Wildman–Crippen LogP) is 2.09. The third kappa shape index (κ3) is 4.95. The molecule has 0 saturated heterocycles. The van der Waals surface area contributed by atoms with Crippen LogP contribution < -0.4 is 5.32 Å². The number of amides is 1. The summed E-state index contributed by atoms with van der Waals surface area (Å²) in [5.41, 5.74) is 0.0193. The first-order chi connectivity index (χ1) is 8.00. The fourth-order valence-electron chi connectivity index (χ4n) is 1.25. The highest BCUT2D eigenvalue weighted by atomic mass is 79.9. The van der Waals surface area contributed by atoms with Gasteiger partial charge >= 0.3 is 0 Å². The summed E-state index contributed by atoms with van der Waals surface area (Å²) in [6.07, 6.45) is 2.23. The summed E-state index contributed by atoms with van der Waals surface area (Å²) < 4.78 is 24.8. The lowest BCUT2D eigenvalue weighted by Gasteiger charge is -2.05. The van der Waals surface area contributed by atoms with Gasteiger partial charge in [0, 0.05) is 33.8 Å². The molecule has 1 aromatic carbocycles. The molecule has 1 atom stereocenters. The second-order valence-corrected chi connectivity index (χ2v) is 5.98. The minimum absolute atomic E-state index is 0.0193. The molecule has 1 N–H and O–H groups in total. The maximum Gasteiger partial charge on any atom is 0.254 e. The summed E-state index contributed by atoms with van der Waals surface area (Å²) in [5.74, 6) is -0.476. The topological polar surface area (TPSA) is 46.2 Å². The van der Waals surface area contributed by atoms with E-state index in [1.165, 1.54) is 12.1 Å². The van der Waals surface area contributed by atoms with Crippen molar-refractivity contribution in [2.45, 2.75) is 6.42 Å². The van der Waals surface area contributed by atoms with Gasteiger partial charge in [0.1, 0.15) is 5.82 Å². The van der Waals surface area contributed by atoms with Gasteiger partial charge in [0.2, 0.25) is 0 Å². The van der Waals surface area contributed by atoms with Crippen LogP contribution in [0.5, 0.6) is 0 Å². The average molecular weight is 322 g/mol. The van der Waals surface area contributed by atoms with Gasteiger partial charge in [0.15, 0.2) is 0 Å². The van der Waals surface area contributed by atoms with Crippen LogP contribution in [0.15, 0.2) is 22.7 Å². The lowest BCUT2D eigenvalue weighted by atomic mass is 10.2. The first-order valence-electron chi connectivity index (χ1n) is 5.04. The highest BCUT2D eigenvalue weighted by Gasteiger charge is 2.10. The van der Waals surface area contributed by atoms with Crippen LogP contribution in [-0.2, 0) is 10.8 Å². The van der Waals surface area contributed by atoms with Crippen molar-refractivity contribution in [3.8, 4) is 0 Å². The number of hydrogen-bond acceptors (Lipinski definition) is 2. The average Bonchev–Trinajstić information content (AvgIpc) is 2.23. The summed E-state index contributed by atoms with van der Waals surface area (Å²) in [7, 11) is -0.864. The first-order valence-corrected chi connectivity index (χ1v) is 7.56. The zero-order valence-corrected chi connectivity index (χ0v) is 11.7. The predicted molar refractivity (Wildman–Crippen MR) is 70.0 cm³/mol. The van der Waals surface area contributed by atoms with Crippen LogP contribution in [0.3, 0.4) is 0 Å². The summed E-state index contributed by atoms with van der Waals surface area (Å²) in [4.78, 5) is 11.6. The van der Waals surface area contributed by atoms with Gasteiger partial charge in [-0.3, -0.25) is 9.00 Å². The van der Waals surface area contributed by atoms with Crippen molar-refractivity contribution in [1.29, 1.82) is 0 Å². The molecule has 0 aliphatic heterocycles. The fraction of sp³-hybridized carbons (Fsp3) is 0.364. The lowest BCUT2D eigenvalue weighted by Crippen LogP contribution is -2.26. The summed E-state index contributed by atoms with van der Waals surface area (Å²) >= 11 is 3.12. The van der Waals surface area contributed by atoms with Crippen molar-refractivity contribution in [2.24, 2.45) is 0 Å². The minimum atomic E-state index is -0.864. The van der Waals surface area contributed by atoms with E-state index in [1.54, 1.807) is 12.3 Å². The molecule has 17 heavy (non-hydrogen) atoms. The molecular weight excluding hydrogens is 309 g/mol. The van der Waals surface area contributed by atoms with Gasteiger partial charge in [-0.2, -0.15) is 0 Å². The summed E-state index contributed by atoms with van der Waals surface area (Å²) in [6, 6.07) is 4.28. The molecule has 0 aliphatic carbocycles. The Morgan fingerprint density at radius 1 is 1.53 bits per heavy atom. The van der Waals surface area contributed by atoms with E-state index < -0.39 is 22.5 Å². The second-order valence-electron chi connectivity index (χ2n) is 3.51. The Morgan fingerprint density at radius 3 is 2.82 bits per heavy atom. The summed E-state index contributed by atoms with van der Waals surface area (Å²) in [5, 5.41) is 2.59. The van der Waals surface area contributed by atoms with Crippen molar-refractivity contribution >= 4 is 32.6 Å². The number of halogens is 2. The van der Waals surface area contributed by atoms with E-state index >= 15 is 0 Å². The molecule has 0 bridgehead atoms. The van der Waals surface area contributed by atoms with Crippen molar-refractivity contribution in [1.82, 2.24) is 5.32 Å². The number of carbonyl (C=O) groups is 1. The van der Waals surface area contributed by atoms with Gasteiger partial charge in [-0.25, -0.2) is 4.39 Å². The Kier molecular flexibility index (Phi) is 5.77. The van der Waals surface area contributed by atoms with Crippen molar-refractivity contribution in [2.75, 3.05) is 18.6 Å². The highest BCUT2D eigenvalue weighted by molar-refractivity contribution is 9.10. The smallest absolute Gasteiger partial charge is 0.254 e. The lowest BCUT2D eigenvalue weighted by molar-refractivity contribution is 0.0949. The van der Waals surface area contributed by atoms with Crippen molar-refractivity contribution < 1.29 is 13.4 Å².